The van der Waals surface area contributed by atoms with Gasteiger partial charge in [0.2, 0.25) is 0 Å². The van der Waals surface area contributed by atoms with Crippen LogP contribution in [0.1, 0.15) is 10.4 Å². The zero-order valence-corrected chi connectivity index (χ0v) is 12.2. The van der Waals surface area contributed by atoms with Crippen LogP contribution in [0.15, 0.2) is 34.3 Å². The van der Waals surface area contributed by atoms with Crippen LogP contribution in [0.3, 0.4) is 0 Å². The monoisotopic (exact) mass is 399 g/mol. The average Bonchev–Trinajstić information content (AvgIpc) is 2.18. The molecule has 0 aliphatic carbocycles. The van der Waals surface area contributed by atoms with Gasteiger partial charge in [-0.2, -0.15) is 0 Å². The summed E-state index contributed by atoms with van der Waals surface area (Å²) in [5, 5.41) is 3.07. The molecular formula is C10H8BrClINO. The molecule has 1 aromatic carbocycles. The highest BCUT2D eigenvalue weighted by atomic mass is 127. The lowest BCUT2D eigenvalue weighted by atomic mass is 10.2. The molecule has 80 valence electrons. The maximum atomic E-state index is 11.7. The summed E-state index contributed by atoms with van der Waals surface area (Å²) in [4.78, 5) is 11.7. The second-order valence-corrected chi connectivity index (χ2v) is 5.46. The highest BCUT2D eigenvalue weighted by molar-refractivity contribution is 14.1. The Labute approximate surface area is 115 Å². The Hall–Kier alpha value is -0.0700. The third-order valence-corrected chi connectivity index (χ3v) is 3.11. The van der Waals surface area contributed by atoms with Crippen LogP contribution in [0.4, 0.5) is 0 Å². The lowest BCUT2D eigenvalue weighted by Crippen LogP contribution is -2.24. The van der Waals surface area contributed by atoms with Crippen molar-refractivity contribution < 1.29 is 4.79 Å². The molecule has 15 heavy (non-hydrogen) atoms. The van der Waals surface area contributed by atoms with Crippen molar-refractivity contribution in [1.82, 2.24) is 5.32 Å². The summed E-state index contributed by atoms with van der Waals surface area (Å²) in [5.41, 5.74) is 0.597. The summed E-state index contributed by atoms with van der Waals surface area (Å²) in [6.07, 6.45) is 0. The van der Waals surface area contributed by atoms with Gasteiger partial charge in [0.1, 0.15) is 0 Å². The molecule has 2 nitrogen and oxygen atoms in total. The van der Waals surface area contributed by atoms with Crippen molar-refractivity contribution in [1.29, 1.82) is 0 Å². The zero-order valence-electron chi connectivity index (χ0n) is 7.69. The molecule has 1 amide bonds. The van der Waals surface area contributed by atoms with Gasteiger partial charge >= 0.3 is 0 Å². The first kappa shape index (κ1) is 13.0. The van der Waals surface area contributed by atoms with Gasteiger partial charge in [-0.15, -0.1) is 0 Å². The van der Waals surface area contributed by atoms with Gasteiger partial charge in [-0.3, -0.25) is 4.79 Å². The fourth-order valence-corrected chi connectivity index (χ4v) is 1.93. The first-order chi connectivity index (χ1) is 7.00. The van der Waals surface area contributed by atoms with Gasteiger partial charge in [0.15, 0.2) is 0 Å². The molecule has 0 aliphatic rings. The fraction of sp³-hybridized carbons (Fsp3) is 0.100. The molecule has 0 atom stereocenters. The molecule has 0 radical (unpaired) electrons. The second kappa shape index (κ2) is 5.86. The van der Waals surface area contributed by atoms with Gasteiger partial charge < -0.3 is 5.32 Å². The molecule has 0 aromatic heterocycles. The van der Waals surface area contributed by atoms with Crippen LogP contribution in [-0.2, 0) is 0 Å². The van der Waals surface area contributed by atoms with Crippen LogP contribution in [-0.4, -0.2) is 12.5 Å². The second-order valence-electron chi connectivity index (χ2n) is 2.82. The van der Waals surface area contributed by atoms with Crippen molar-refractivity contribution in [3.05, 3.63) is 43.4 Å². The molecule has 5 heteroatoms. The molecule has 0 aliphatic heterocycles. The van der Waals surface area contributed by atoms with Crippen molar-refractivity contribution >= 4 is 56.0 Å². The van der Waals surface area contributed by atoms with Crippen molar-refractivity contribution in [3.8, 4) is 0 Å². The van der Waals surface area contributed by atoms with Gasteiger partial charge in [-0.1, -0.05) is 18.2 Å². The SMILES string of the molecule is C=C(Cl)CNC(=O)c1cc(I)ccc1Br. The standard InChI is InChI=1S/C10H8BrClINO/c1-6(12)5-14-10(15)8-4-7(13)2-3-9(8)11/h2-4H,1,5H2,(H,14,15). The van der Waals surface area contributed by atoms with Crippen LogP contribution in [0.5, 0.6) is 0 Å². The third-order valence-electron chi connectivity index (χ3n) is 1.61. The van der Waals surface area contributed by atoms with Crippen LogP contribution in [0.2, 0.25) is 0 Å². The van der Waals surface area contributed by atoms with E-state index in [-0.39, 0.29) is 12.5 Å². The Morgan fingerprint density at radius 2 is 2.27 bits per heavy atom. The minimum atomic E-state index is -0.165. The molecule has 0 unspecified atom stereocenters. The molecule has 1 aromatic rings. The molecule has 0 heterocycles. The fourth-order valence-electron chi connectivity index (χ4n) is 0.943. The molecule has 1 rings (SSSR count). The Balaban J connectivity index is 2.81. The Kier molecular flexibility index (Phi) is 5.08. The van der Waals surface area contributed by atoms with E-state index < -0.39 is 0 Å². The number of nitrogens with one attached hydrogen (secondary N) is 1. The number of benzene rings is 1. The largest absolute Gasteiger partial charge is 0.347 e. The molecular weight excluding hydrogens is 392 g/mol. The van der Waals surface area contributed by atoms with E-state index in [4.69, 9.17) is 11.6 Å². The molecule has 0 saturated heterocycles. The predicted octanol–water partition coefficient (Wildman–Crippen LogP) is 3.54. The summed E-state index contributed by atoms with van der Waals surface area (Å²) in [7, 11) is 0. The zero-order chi connectivity index (χ0) is 11.4. The van der Waals surface area contributed by atoms with Crippen LogP contribution in [0.25, 0.3) is 0 Å². The Morgan fingerprint density at radius 3 is 2.87 bits per heavy atom. The van der Waals surface area contributed by atoms with E-state index in [2.05, 4.69) is 50.4 Å². The van der Waals surface area contributed by atoms with Crippen molar-refractivity contribution in [3.63, 3.8) is 0 Å². The lowest BCUT2D eigenvalue weighted by molar-refractivity contribution is 0.0957. The first-order valence-electron chi connectivity index (χ1n) is 4.07. The van der Waals surface area contributed by atoms with Gasteiger partial charge in [0, 0.05) is 13.1 Å². The first-order valence-corrected chi connectivity index (χ1v) is 6.32. The highest BCUT2D eigenvalue weighted by Gasteiger charge is 2.09. The molecule has 0 spiro atoms. The summed E-state index contributed by atoms with van der Waals surface area (Å²) >= 11 is 11.0. The number of carbonyl (C=O) groups is 1. The topological polar surface area (TPSA) is 29.1 Å². The Bertz CT molecular complexity index is 408. The van der Waals surface area contributed by atoms with Gasteiger partial charge in [-0.05, 0) is 56.7 Å². The van der Waals surface area contributed by atoms with Crippen LogP contribution in [0, 0.1) is 3.57 Å². The minimum Gasteiger partial charge on any atom is -0.347 e. The molecule has 0 fully saturated rings. The summed E-state index contributed by atoms with van der Waals surface area (Å²) in [6, 6.07) is 5.56. The van der Waals surface area contributed by atoms with Crippen molar-refractivity contribution in [2.45, 2.75) is 0 Å². The van der Waals surface area contributed by atoms with E-state index in [1.54, 1.807) is 6.07 Å². The maximum absolute atomic E-state index is 11.7. The number of hydrogen-bond acceptors (Lipinski definition) is 1. The van der Waals surface area contributed by atoms with E-state index in [0.29, 0.717) is 10.6 Å². The van der Waals surface area contributed by atoms with Crippen LogP contribution < -0.4 is 5.32 Å². The average molecular weight is 400 g/mol. The maximum Gasteiger partial charge on any atom is 0.252 e. The summed E-state index contributed by atoms with van der Waals surface area (Å²) in [6.45, 7) is 3.77. The van der Waals surface area contributed by atoms with Crippen molar-refractivity contribution in [2.24, 2.45) is 0 Å². The smallest absolute Gasteiger partial charge is 0.252 e. The van der Waals surface area contributed by atoms with E-state index in [1.165, 1.54) is 0 Å². The predicted molar refractivity (Wildman–Crippen MR) is 74.2 cm³/mol. The van der Waals surface area contributed by atoms with Crippen molar-refractivity contribution in [2.75, 3.05) is 6.54 Å². The Morgan fingerprint density at radius 1 is 1.60 bits per heavy atom. The van der Waals surface area contributed by atoms with E-state index in [1.807, 2.05) is 12.1 Å². The van der Waals surface area contributed by atoms with E-state index in [0.717, 1.165) is 8.04 Å². The quantitative estimate of drug-likeness (QED) is 0.773. The number of rotatable bonds is 3. The van der Waals surface area contributed by atoms with Crippen LogP contribution >= 0.6 is 50.1 Å². The molecule has 0 bridgehead atoms. The number of halogens is 3. The third kappa shape index (κ3) is 4.12. The van der Waals surface area contributed by atoms with Gasteiger partial charge in [-0.25, -0.2) is 0 Å². The number of carbonyl (C=O) groups excluding carboxylic acids is 1. The number of hydrogen-bond donors (Lipinski definition) is 1. The highest BCUT2D eigenvalue weighted by Crippen LogP contribution is 2.19. The normalized spacial score (nSPS) is 9.80. The molecule has 0 saturated carbocycles. The number of amides is 1. The lowest BCUT2D eigenvalue weighted by Gasteiger charge is -2.06. The van der Waals surface area contributed by atoms with E-state index in [9.17, 15) is 4.79 Å². The van der Waals surface area contributed by atoms with Gasteiger partial charge in [0.25, 0.3) is 5.91 Å². The molecule has 1 N–H and O–H groups in total. The summed E-state index contributed by atoms with van der Waals surface area (Å²) in [5.74, 6) is -0.165. The summed E-state index contributed by atoms with van der Waals surface area (Å²) < 4.78 is 1.77. The van der Waals surface area contributed by atoms with Gasteiger partial charge in [0.05, 0.1) is 12.1 Å². The van der Waals surface area contributed by atoms with E-state index >= 15 is 0 Å². The minimum absolute atomic E-state index is 0.165.